The van der Waals surface area contributed by atoms with Gasteiger partial charge in [-0.15, -0.1) is 0 Å². The highest BCUT2D eigenvalue weighted by Gasteiger charge is 2.07. The molecule has 1 N–H and O–H groups in total. The van der Waals surface area contributed by atoms with Crippen molar-refractivity contribution in [1.29, 1.82) is 0 Å². The van der Waals surface area contributed by atoms with E-state index >= 15 is 0 Å². The van der Waals surface area contributed by atoms with Crippen LogP contribution in [0.1, 0.15) is 58.3 Å². The van der Waals surface area contributed by atoms with Crippen molar-refractivity contribution in [3.63, 3.8) is 0 Å². The van der Waals surface area contributed by atoms with E-state index in [0.717, 1.165) is 23.2 Å². The molecule has 166 valence electrons. The van der Waals surface area contributed by atoms with Crippen molar-refractivity contribution in [2.24, 2.45) is 0 Å². The summed E-state index contributed by atoms with van der Waals surface area (Å²) in [4.78, 5) is 13.4. The summed E-state index contributed by atoms with van der Waals surface area (Å²) < 4.78 is 0. The average Bonchev–Trinajstić information content (AvgIpc) is 2.82. The molecular formula is C27H42N2O. The smallest absolute Gasteiger partial charge is 0.253 e. The van der Waals surface area contributed by atoms with E-state index in [1.807, 2.05) is 83.3 Å². The number of carbonyl (C=O) groups excluding carboxylic acids is 1. The fraction of sp³-hybridized carbons (Fsp3) is 0.370. The van der Waals surface area contributed by atoms with Gasteiger partial charge in [-0.25, -0.2) is 0 Å². The lowest BCUT2D eigenvalue weighted by Crippen LogP contribution is -2.21. The third-order valence-corrected chi connectivity index (χ3v) is 4.00. The van der Waals surface area contributed by atoms with Crippen molar-refractivity contribution in [3.05, 3.63) is 78.4 Å². The minimum absolute atomic E-state index is 0.0251. The van der Waals surface area contributed by atoms with Crippen LogP contribution in [0.2, 0.25) is 0 Å². The number of amides is 1. The summed E-state index contributed by atoms with van der Waals surface area (Å²) in [7, 11) is 5.41. The zero-order valence-electron chi connectivity index (χ0n) is 20.5. The van der Waals surface area contributed by atoms with Crippen molar-refractivity contribution in [3.8, 4) is 11.1 Å². The topological polar surface area (TPSA) is 32.3 Å². The average molecular weight is 411 g/mol. The summed E-state index contributed by atoms with van der Waals surface area (Å²) in [6.07, 6.45) is 4.98. The Morgan fingerprint density at radius 2 is 1.37 bits per heavy atom. The summed E-state index contributed by atoms with van der Waals surface area (Å²) >= 11 is 0. The summed E-state index contributed by atoms with van der Waals surface area (Å²) in [5, 5.41) is 3.09. The van der Waals surface area contributed by atoms with Crippen LogP contribution in [0.5, 0.6) is 0 Å². The van der Waals surface area contributed by atoms with Crippen LogP contribution in [-0.4, -0.2) is 32.0 Å². The quantitative estimate of drug-likeness (QED) is 0.513. The molecular weight excluding hydrogens is 368 g/mol. The van der Waals surface area contributed by atoms with Gasteiger partial charge in [-0.1, -0.05) is 83.2 Å². The summed E-state index contributed by atoms with van der Waals surface area (Å²) in [6, 6.07) is 15.9. The van der Waals surface area contributed by atoms with Crippen molar-refractivity contribution in [2.75, 3.05) is 26.5 Å². The van der Waals surface area contributed by atoms with Crippen LogP contribution in [0.3, 0.4) is 0 Å². The van der Waals surface area contributed by atoms with E-state index in [1.165, 1.54) is 5.57 Å². The molecule has 2 rings (SSSR count). The number of rotatable bonds is 5. The zero-order chi connectivity index (χ0) is 23.5. The SMILES string of the molecule is C=C/C=C(\C)CC.CC.CC.CNc1ccc(-c2ccc(C(=O)N(C)C)cc2)cc1. The Morgan fingerprint density at radius 1 is 0.933 bits per heavy atom. The van der Waals surface area contributed by atoms with Gasteiger partial charge >= 0.3 is 0 Å². The lowest BCUT2D eigenvalue weighted by Gasteiger charge is -2.10. The molecule has 0 saturated carbocycles. The number of nitrogens with one attached hydrogen (secondary N) is 1. The number of allylic oxidation sites excluding steroid dienone is 3. The summed E-state index contributed by atoms with van der Waals surface area (Å²) in [5.74, 6) is 0.0251. The third-order valence-electron chi connectivity index (χ3n) is 4.00. The van der Waals surface area contributed by atoms with E-state index in [1.54, 1.807) is 19.0 Å². The molecule has 0 radical (unpaired) electrons. The second kappa shape index (κ2) is 18.2. The first kappa shape index (κ1) is 29.4. The molecule has 3 nitrogen and oxygen atoms in total. The number of benzene rings is 2. The molecule has 0 aliphatic heterocycles. The van der Waals surface area contributed by atoms with Gasteiger partial charge in [-0.05, 0) is 48.7 Å². The Hall–Kier alpha value is -2.81. The molecule has 0 unspecified atom stereocenters. The first-order valence-electron chi connectivity index (χ1n) is 10.8. The Balaban J connectivity index is 0. The molecule has 0 aromatic heterocycles. The van der Waals surface area contributed by atoms with Crippen LogP contribution in [-0.2, 0) is 0 Å². The molecule has 0 aliphatic carbocycles. The van der Waals surface area contributed by atoms with Gasteiger partial charge in [0.25, 0.3) is 5.91 Å². The number of carbonyl (C=O) groups is 1. The molecule has 0 heterocycles. The largest absolute Gasteiger partial charge is 0.388 e. The summed E-state index contributed by atoms with van der Waals surface area (Å²) in [6.45, 7) is 15.8. The van der Waals surface area contributed by atoms with Gasteiger partial charge in [0.05, 0.1) is 0 Å². The number of hydrogen-bond donors (Lipinski definition) is 1. The second-order valence-electron chi connectivity index (χ2n) is 6.21. The second-order valence-corrected chi connectivity index (χ2v) is 6.21. The maximum absolute atomic E-state index is 11.8. The molecule has 30 heavy (non-hydrogen) atoms. The van der Waals surface area contributed by atoms with Crippen LogP contribution < -0.4 is 5.32 Å². The lowest BCUT2D eigenvalue weighted by molar-refractivity contribution is 0.0827. The van der Waals surface area contributed by atoms with Gasteiger partial charge in [-0.2, -0.15) is 0 Å². The van der Waals surface area contributed by atoms with E-state index in [2.05, 4.69) is 37.9 Å². The normalized spacial score (nSPS) is 9.43. The van der Waals surface area contributed by atoms with Crippen LogP contribution >= 0.6 is 0 Å². The molecule has 0 aliphatic rings. The standard InChI is InChI=1S/C16H18N2O.C7H12.2C2H6/c1-17-15-10-8-13(9-11-15)12-4-6-14(7-5-12)16(19)18(2)3;1-4-6-7(3)5-2;2*1-2/h4-11,17H,1-3H3;4,6H,1,5H2,2-3H3;2*1-2H3/b;7-6+;;. The predicted octanol–water partition coefficient (Wildman–Crippen LogP) is 7.68. The number of nitrogens with zero attached hydrogens (tertiary/aromatic N) is 1. The molecule has 0 atom stereocenters. The van der Waals surface area contributed by atoms with Gasteiger partial charge in [0.15, 0.2) is 0 Å². The molecule has 1 amide bonds. The highest BCUT2D eigenvalue weighted by Crippen LogP contribution is 2.22. The number of hydrogen-bond acceptors (Lipinski definition) is 2. The Labute approximate surface area is 185 Å². The Morgan fingerprint density at radius 3 is 1.67 bits per heavy atom. The van der Waals surface area contributed by atoms with E-state index in [0.29, 0.717) is 5.56 Å². The Kier molecular flexibility index (Phi) is 17.9. The Bertz CT molecular complexity index is 726. The van der Waals surface area contributed by atoms with Crippen LogP contribution in [0, 0.1) is 0 Å². The molecule has 0 spiro atoms. The fourth-order valence-corrected chi connectivity index (χ4v) is 2.21. The fourth-order valence-electron chi connectivity index (χ4n) is 2.21. The minimum Gasteiger partial charge on any atom is -0.388 e. The van der Waals surface area contributed by atoms with Crippen LogP contribution in [0.15, 0.2) is 72.8 Å². The highest BCUT2D eigenvalue weighted by molar-refractivity contribution is 5.94. The highest BCUT2D eigenvalue weighted by atomic mass is 16.2. The van der Waals surface area contributed by atoms with Crippen molar-refractivity contribution < 1.29 is 4.79 Å². The lowest BCUT2D eigenvalue weighted by atomic mass is 10.0. The maximum Gasteiger partial charge on any atom is 0.253 e. The maximum atomic E-state index is 11.8. The van der Waals surface area contributed by atoms with Crippen LogP contribution in [0.25, 0.3) is 11.1 Å². The first-order chi connectivity index (χ1) is 14.4. The van der Waals surface area contributed by atoms with E-state index in [9.17, 15) is 4.79 Å². The molecule has 2 aromatic carbocycles. The summed E-state index contributed by atoms with van der Waals surface area (Å²) in [5.41, 5.74) is 5.43. The molecule has 0 bridgehead atoms. The van der Waals surface area contributed by atoms with Crippen molar-refractivity contribution in [2.45, 2.75) is 48.0 Å². The van der Waals surface area contributed by atoms with Crippen molar-refractivity contribution in [1.82, 2.24) is 4.90 Å². The third kappa shape index (κ3) is 11.3. The molecule has 0 saturated heterocycles. The van der Waals surface area contributed by atoms with E-state index < -0.39 is 0 Å². The van der Waals surface area contributed by atoms with Gasteiger partial charge in [0.1, 0.15) is 0 Å². The first-order valence-corrected chi connectivity index (χ1v) is 10.8. The van der Waals surface area contributed by atoms with Gasteiger partial charge in [-0.3, -0.25) is 4.79 Å². The molecule has 0 fully saturated rings. The van der Waals surface area contributed by atoms with Crippen LogP contribution in [0.4, 0.5) is 5.69 Å². The van der Waals surface area contributed by atoms with E-state index in [4.69, 9.17) is 0 Å². The van der Waals surface area contributed by atoms with Crippen molar-refractivity contribution >= 4 is 11.6 Å². The van der Waals surface area contributed by atoms with Gasteiger partial charge < -0.3 is 10.2 Å². The zero-order valence-corrected chi connectivity index (χ0v) is 20.5. The van der Waals surface area contributed by atoms with Gasteiger partial charge in [0.2, 0.25) is 0 Å². The van der Waals surface area contributed by atoms with E-state index in [-0.39, 0.29) is 5.91 Å². The monoisotopic (exact) mass is 410 g/mol. The molecule has 2 aromatic rings. The van der Waals surface area contributed by atoms with Gasteiger partial charge in [0, 0.05) is 32.4 Å². The molecule has 3 heteroatoms. The minimum atomic E-state index is 0.0251. The predicted molar refractivity (Wildman–Crippen MR) is 136 cm³/mol. The number of anilines is 1.